The Morgan fingerprint density at radius 1 is 0.920 bits per heavy atom. The molecule has 25 heavy (non-hydrogen) atoms. The van der Waals surface area contributed by atoms with Gasteiger partial charge in [0, 0.05) is 5.56 Å². The molecule has 0 unspecified atom stereocenters. The number of rotatable bonds is 8. The fourth-order valence-electron chi connectivity index (χ4n) is 2.31. The Morgan fingerprint density at radius 3 is 2.12 bits per heavy atom. The molecule has 6 heteroatoms. The van der Waals surface area contributed by atoms with Gasteiger partial charge in [-0.3, -0.25) is 9.59 Å². The van der Waals surface area contributed by atoms with Crippen molar-refractivity contribution in [1.82, 2.24) is 10.6 Å². The maximum absolute atomic E-state index is 11.9. The number of aryl methyl sites for hydroxylation is 1. The van der Waals surface area contributed by atoms with E-state index in [1.54, 1.807) is 30.3 Å². The highest BCUT2D eigenvalue weighted by atomic mass is 16.4. The SMILES string of the molecule is O=C(CNC(=O)c1ccccc1)N[C@H](CCc1ccccc1)C(=O)O. The zero-order chi connectivity index (χ0) is 18.1. The Hall–Kier alpha value is -3.15. The second kappa shape index (κ2) is 9.22. The molecule has 130 valence electrons. The molecule has 0 aliphatic heterocycles. The van der Waals surface area contributed by atoms with Crippen LogP contribution >= 0.6 is 0 Å². The van der Waals surface area contributed by atoms with Gasteiger partial charge in [0.25, 0.3) is 5.91 Å². The van der Waals surface area contributed by atoms with Crippen LogP contribution < -0.4 is 10.6 Å². The van der Waals surface area contributed by atoms with Gasteiger partial charge in [0.15, 0.2) is 0 Å². The van der Waals surface area contributed by atoms with Gasteiger partial charge >= 0.3 is 5.97 Å². The second-order valence-corrected chi connectivity index (χ2v) is 5.53. The molecule has 0 saturated carbocycles. The number of amides is 2. The van der Waals surface area contributed by atoms with Crippen LogP contribution in [0.3, 0.4) is 0 Å². The lowest BCUT2D eigenvalue weighted by molar-refractivity contribution is -0.141. The van der Waals surface area contributed by atoms with Crippen molar-refractivity contribution in [2.24, 2.45) is 0 Å². The minimum atomic E-state index is -1.10. The number of carbonyl (C=O) groups excluding carboxylic acids is 2. The largest absolute Gasteiger partial charge is 0.480 e. The van der Waals surface area contributed by atoms with E-state index >= 15 is 0 Å². The number of benzene rings is 2. The zero-order valence-electron chi connectivity index (χ0n) is 13.6. The Morgan fingerprint density at radius 2 is 1.52 bits per heavy atom. The molecule has 0 aliphatic rings. The summed E-state index contributed by atoms with van der Waals surface area (Å²) in [5, 5.41) is 14.2. The Kier molecular flexibility index (Phi) is 6.71. The number of hydrogen-bond donors (Lipinski definition) is 3. The molecule has 3 N–H and O–H groups in total. The lowest BCUT2D eigenvalue weighted by Crippen LogP contribution is -2.45. The number of aliphatic carboxylic acids is 1. The smallest absolute Gasteiger partial charge is 0.326 e. The van der Waals surface area contributed by atoms with Crippen LogP contribution in [0.15, 0.2) is 60.7 Å². The van der Waals surface area contributed by atoms with E-state index in [1.807, 2.05) is 30.3 Å². The first-order valence-corrected chi connectivity index (χ1v) is 7.95. The van der Waals surface area contributed by atoms with Gasteiger partial charge in [-0.05, 0) is 30.5 Å². The topological polar surface area (TPSA) is 95.5 Å². The molecule has 0 radical (unpaired) electrons. The summed E-state index contributed by atoms with van der Waals surface area (Å²) in [6, 6.07) is 16.9. The van der Waals surface area contributed by atoms with E-state index in [0.717, 1.165) is 5.56 Å². The van der Waals surface area contributed by atoms with Gasteiger partial charge in [0.05, 0.1) is 6.54 Å². The summed E-state index contributed by atoms with van der Waals surface area (Å²) >= 11 is 0. The molecule has 2 rings (SSSR count). The van der Waals surface area contributed by atoms with Crippen LogP contribution in [0.5, 0.6) is 0 Å². The molecule has 2 aromatic rings. The van der Waals surface area contributed by atoms with E-state index in [1.165, 1.54) is 0 Å². The van der Waals surface area contributed by atoms with Crippen molar-refractivity contribution in [3.8, 4) is 0 Å². The van der Waals surface area contributed by atoms with Crippen LogP contribution in [-0.2, 0) is 16.0 Å². The molecule has 2 amide bonds. The summed E-state index contributed by atoms with van der Waals surface area (Å²) in [7, 11) is 0. The molecule has 0 aliphatic carbocycles. The van der Waals surface area contributed by atoms with Gasteiger partial charge in [-0.25, -0.2) is 4.79 Å². The van der Waals surface area contributed by atoms with E-state index in [0.29, 0.717) is 12.0 Å². The molecule has 0 bridgehead atoms. The van der Waals surface area contributed by atoms with Crippen LogP contribution in [0.4, 0.5) is 0 Å². The summed E-state index contributed by atoms with van der Waals surface area (Å²) in [4.78, 5) is 35.1. The second-order valence-electron chi connectivity index (χ2n) is 5.53. The van der Waals surface area contributed by atoms with Crippen molar-refractivity contribution in [2.45, 2.75) is 18.9 Å². The number of nitrogens with one attached hydrogen (secondary N) is 2. The van der Waals surface area contributed by atoms with E-state index in [9.17, 15) is 19.5 Å². The van der Waals surface area contributed by atoms with Crippen molar-refractivity contribution in [3.05, 3.63) is 71.8 Å². The van der Waals surface area contributed by atoms with Gasteiger partial charge < -0.3 is 15.7 Å². The van der Waals surface area contributed by atoms with Gasteiger partial charge in [-0.2, -0.15) is 0 Å². The van der Waals surface area contributed by atoms with Crippen molar-refractivity contribution in [2.75, 3.05) is 6.54 Å². The first-order valence-electron chi connectivity index (χ1n) is 7.95. The highest BCUT2D eigenvalue weighted by Crippen LogP contribution is 2.05. The highest BCUT2D eigenvalue weighted by Gasteiger charge is 2.20. The van der Waals surface area contributed by atoms with E-state index in [4.69, 9.17) is 0 Å². The van der Waals surface area contributed by atoms with Crippen molar-refractivity contribution < 1.29 is 19.5 Å². The fourth-order valence-corrected chi connectivity index (χ4v) is 2.31. The van der Waals surface area contributed by atoms with Crippen LogP contribution in [-0.4, -0.2) is 35.5 Å². The summed E-state index contributed by atoms with van der Waals surface area (Å²) < 4.78 is 0. The standard InChI is InChI=1S/C19H20N2O4/c22-17(13-20-18(23)15-9-5-2-6-10-15)21-16(19(24)25)12-11-14-7-3-1-4-8-14/h1-10,16H,11-13H2,(H,20,23)(H,21,22)(H,24,25)/t16-/m1/s1. The number of carboxylic acids is 1. The van der Waals surface area contributed by atoms with Crippen LogP contribution in [0.2, 0.25) is 0 Å². The maximum atomic E-state index is 11.9. The normalized spacial score (nSPS) is 11.4. The molecular weight excluding hydrogens is 320 g/mol. The van der Waals surface area contributed by atoms with E-state index in [2.05, 4.69) is 10.6 Å². The predicted molar refractivity (Wildman–Crippen MR) is 93.1 cm³/mol. The summed E-state index contributed by atoms with van der Waals surface area (Å²) in [5.74, 6) is -2.02. The van der Waals surface area contributed by atoms with Crippen molar-refractivity contribution in [1.29, 1.82) is 0 Å². The molecule has 0 spiro atoms. The highest BCUT2D eigenvalue weighted by molar-refractivity contribution is 5.96. The molecule has 1 atom stereocenters. The fraction of sp³-hybridized carbons (Fsp3) is 0.211. The van der Waals surface area contributed by atoms with Crippen molar-refractivity contribution >= 4 is 17.8 Å². The van der Waals surface area contributed by atoms with Gasteiger partial charge in [0.1, 0.15) is 6.04 Å². The Labute approximate surface area is 145 Å². The molecule has 0 fully saturated rings. The van der Waals surface area contributed by atoms with Gasteiger partial charge in [-0.15, -0.1) is 0 Å². The lowest BCUT2D eigenvalue weighted by Gasteiger charge is -2.15. The minimum Gasteiger partial charge on any atom is -0.480 e. The minimum absolute atomic E-state index is 0.275. The third-order valence-corrected chi connectivity index (χ3v) is 3.64. The monoisotopic (exact) mass is 340 g/mol. The molecular formula is C19H20N2O4. The molecule has 0 saturated heterocycles. The Bertz CT molecular complexity index is 717. The maximum Gasteiger partial charge on any atom is 0.326 e. The zero-order valence-corrected chi connectivity index (χ0v) is 13.6. The average molecular weight is 340 g/mol. The predicted octanol–water partition coefficient (Wildman–Crippen LogP) is 1.62. The van der Waals surface area contributed by atoms with Gasteiger partial charge in [0.2, 0.25) is 5.91 Å². The number of carbonyl (C=O) groups is 3. The quantitative estimate of drug-likeness (QED) is 0.680. The Balaban J connectivity index is 1.81. The average Bonchev–Trinajstić information content (AvgIpc) is 2.64. The third-order valence-electron chi connectivity index (χ3n) is 3.64. The molecule has 0 aromatic heterocycles. The van der Waals surface area contributed by atoms with E-state index < -0.39 is 17.9 Å². The van der Waals surface area contributed by atoms with Crippen LogP contribution in [0, 0.1) is 0 Å². The van der Waals surface area contributed by atoms with Crippen LogP contribution in [0.1, 0.15) is 22.3 Å². The third kappa shape index (κ3) is 6.10. The first-order chi connectivity index (χ1) is 12.1. The summed E-state index contributed by atoms with van der Waals surface area (Å²) in [5.41, 5.74) is 1.44. The van der Waals surface area contributed by atoms with Gasteiger partial charge in [-0.1, -0.05) is 48.5 Å². The van der Waals surface area contributed by atoms with Crippen LogP contribution in [0.25, 0.3) is 0 Å². The molecule has 0 heterocycles. The number of hydrogen-bond acceptors (Lipinski definition) is 3. The number of carboxylic acid groups (broad SMARTS) is 1. The van der Waals surface area contributed by atoms with Crippen molar-refractivity contribution in [3.63, 3.8) is 0 Å². The summed E-state index contributed by atoms with van der Waals surface area (Å²) in [6.45, 7) is -0.275. The molecule has 2 aromatic carbocycles. The lowest BCUT2D eigenvalue weighted by atomic mass is 10.1. The first kappa shape index (κ1) is 18.2. The molecule has 6 nitrogen and oxygen atoms in total. The summed E-state index contributed by atoms with van der Waals surface area (Å²) in [6.07, 6.45) is 0.812. The van der Waals surface area contributed by atoms with E-state index in [-0.39, 0.29) is 18.9 Å².